The molecule has 1 aromatic rings. The summed E-state index contributed by atoms with van der Waals surface area (Å²) >= 11 is 0. The molecule has 1 rings (SSSR count). The highest BCUT2D eigenvalue weighted by molar-refractivity contribution is 5.45. The summed E-state index contributed by atoms with van der Waals surface area (Å²) < 4.78 is 0. The monoisotopic (exact) mass is 194 g/mol. The summed E-state index contributed by atoms with van der Waals surface area (Å²) in [5.74, 6) is 0.932. The van der Waals surface area contributed by atoms with Crippen LogP contribution in [0.5, 0.6) is 0 Å². The molecule has 0 spiro atoms. The molecule has 0 aromatic carbocycles. The van der Waals surface area contributed by atoms with Gasteiger partial charge < -0.3 is 10.4 Å². The van der Waals surface area contributed by atoms with Gasteiger partial charge in [0.15, 0.2) is 0 Å². The molecule has 0 saturated heterocycles. The molecule has 0 amide bonds. The molecule has 0 aliphatic rings. The van der Waals surface area contributed by atoms with Crippen molar-refractivity contribution < 1.29 is 5.11 Å². The number of nitrogens with one attached hydrogen (secondary N) is 1. The number of rotatable bonds is 4. The van der Waals surface area contributed by atoms with E-state index in [-0.39, 0.29) is 6.61 Å². The van der Waals surface area contributed by atoms with E-state index < -0.39 is 0 Å². The number of hydrogen-bond donors (Lipinski definition) is 2. The number of aliphatic hydroxyl groups excluding tert-OH is 1. The van der Waals surface area contributed by atoms with E-state index in [0.29, 0.717) is 12.5 Å². The van der Waals surface area contributed by atoms with E-state index in [1.807, 2.05) is 13.1 Å². The Balaban J connectivity index is 2.79. The van der Waals surface area contributed by atoms with Crippen molar-refractivity contribution in [2.24, 2.45) is 0 Å². The number of pyridine rings is 1. The van der Waals surface area contributed by atoms with Gasteiger partial charge >= 0.3 is 0 Å². The van der Waals surface area contributed by atoms with Crippen LogP contribution in [0.3, 0.4) is 0 Å². The van der Waals surface area contributed by atoms with Gasteiger partial charge in [-0.3, -0.25) is 0 Å². The second-order valence-electron chi connectivity index (χ2n) is 3.78. The van der Waals surface area contributed by atoms with Crippen LogP contribution < -0.4 is 5.32 Å². The quantitative estimate of drug-likeness (QED) is 0.767. The zero-order valence-corrected chi connectivity index (χ0v) is 9.04. The summed E-state index contributed by atoms with van der Waals surface area (Å²) in [5.41, 5.74) is 2.21. The fourth-order valence-electron chi connectivity index (χ4n) is 1.32. The average Bonchev–Trinajstić information content (AvgIpc) is 2.10. The molecule has 3 nitrogen and oxygen atoms in total. The Labute approximate surface area is 85.2 Å². The Kier molecular flexibility index (Phi) is 3.89. The van der Waals surface area contributed by atoms with Gasteiger partial charge in [0, 0.05) is 18.8 Å². The molecule has 0 aliphatic heterocycles. The van der Waals surface area contributed by atoms with Crippen LogP contribution in [0.4, 0.5) is 5.82 Å². The van der Waals surface area contributed by atoms with Gasteiger partial charge in [-0.05, 0) is 38.3 Å². The van der Waals surface area contributed by atoms with Crippen LogP contribution in [0.1, 0.15) is 25.0 Å². The molecule has 0 unspecified atom stereocenters. The predicted octanol–water partition coefficient (Wildman–Crippen LogP) is 1.75. The number of aromatic nitrogens is 1. The van der Waals surface area contributed by atoms with E-state index in [2.05, 4.69) is 30.2 Å². The summed E-state index contributed by atoms with van der Waals surface area (Å²) in [4.78, 5) is 4.31. The topological polar surface area (TPSA) is 45.2 Å². The second-order valence-corrected chi connectivity index (χ2v) is 3.78. The first-order valence-corrected chi connectivity index (χ1v) is 4.96. The summed E-state index contributed by atoms with van der Waals surface area (Å²) in [7, 11) is 0. The van der Waals surface area contributed by atoms with Crippen LogP contribution in [-0.4, -0.2) is 22.7 Å². The third kappa shape index (κ3) is 3.00. The molecule has 0 atom stereocenters. The molecule has 3 heteroatoms. The Morgan fingerprint density at radius 3 is 2.71 bits per heavy atom. The van der Waals surface area contributed by atoms with E-state index in [1.165, 1.54) is 0 Å². The van der Waals surface area contributed by atoms with Gasteiger partial charge in [-0.25, -0.2) is 4.98 Å². The van der Waals surface area contributed by atoms with E-state index in [4.69, 9.17) is 5.11 Å². The maximum Gasteiger partial charge on any atom is 0.129 e. The molecule has 0 bridgehead atoms. The van der Waals surface area contributed by atoms with Crippen molar-refractivity contribution in [1.82, 2.24) is 4.98 Å². The summed E-state index contributed by atoms with van der Waals surface area (Å²) in [6, 6.07) is 2.46. The van der Waals surface area contributed by atoms with E-state index >= 15 is 0 Å². The van der Waals surface area contributed by atoms with Crippen molar-refractivity contribution in [3.8, 4) is 0 Å². The SMILES string of the molecule is Cc1cc(CCO)cnc1NC(C)C. The fraction of sp³-hybridized carbons (Fsp3) is 0.545. The second kappa shape index (κ2) is 4.96. The summed E-state index contributed by atoms with van der Waals surface area (Å²) in [6.07, 6.45) is 2.49. The van der Waals surface area contributed by atoms with E-state index in [0.717, 1.165) is 16.9 Å². The highest BCUT2D eigenvalue weighted by Gasteiger charge is 2.02. The van der Waals surface area contributed by atoms with Crippen molar-refractivity contribution in [2.45, 2.75) is 33.2 Å². The molecule has 0 aliphatic carbocycles. The first-order chi connectivity index (χ1) is 6.63. The fourth-order valence-corrected chi connectivity index (χ4v) is 1.32. The van der Waals surface area contributed by atoms with Crippen LogP contribution in [0.2, 0.25) is 0 Å². The third-order valence-corrected chi connectivity index (χ3v) is 1.96. The van der Waals surface area contributed by atoms with Crippen LogP contribution in [0.15, 0.2) is 12.3 Å². The highest BCUT2D eigenvalue weighted by Crippen LogP contribution is 2.13. The van der Waals surface area contributed by atoms with Crippen molar-refractivity contribution in [2.75, 3.05) is 11.9 Å². The first kappa shape index (κ1) is 11.0. The van der Waals surface area contributed by atoms with E-state index in [1.54, 1.807) is 0 Å². The van der Waals surface area contributed by atoms with Gasteiger partial charge in [-0.1, -0.05) is 6.07 Å². The third-order valence-electron chi connectivity index (χ3n) is 1.96. The maximum absolute atomic E-state index is 8.78. The van der Waals surface area contributed by atoms with Crippen molar-refractivity contribution in [3.05, 3.63) is 23.4 Å². The predicted molar refractivity (Wildman–Crippen MR) is 58.5 cm³/mol. The minimum absolute atomic E-state index is 0.179. The normalized spacial score (nSPS) is 10.6. The Morgan fingerprint density at radius 1 is 1.50 bits per heavy atom. The van der Waals surface area contributed by atoms with Gasteiger partial charge in [0.2, 0.25) is 0 Å². The molecule has 2 N–H and O–H groups in total. The summed E-state index contributed by atoms with van der Waals surface area (Å²) in [5, 5.41) is 12.1. The Hall–Kier alpha value is -1.09. The lowest BCUT2D eigenvalue weighted by Crippen LogP contribution is -2.12. The van der Waals surface area contributed by atoms with Crippen LogP contribution in [0.25, 0.3) is 0 Å². The highest BCUT2D eigenvalue weighted by atomic mass is 16.2. The molecule has 0 radical (unpaired) electrons. The molecule has 78 valence electrons. The number of nitrogens with zero attached hydrogens (tertiary/aromatic N) is 1. The molecule has 0 saturated carbocycles. The zero-order chi connectivity index (χ0) is 10.6. The van der Waals surface area contributed by atoms with Gasteiger partial charge in [0.1, 0.15) is 5.82 Å². The van der Waals surface area contributed by atoms with Crippen LogP contribution >= 0.6 is 0 Å². The van der Waals surface area contributed by atoms with Crippen molar-refractivity contribution in [1.29, 1.82) is 0 Å². The molecule has 1 heterocycles. The van der Waals surface area contributed by atoms with Crippen molar-refractivity contribution in [3.63, 3.8) is 0 Å². The molecule has 14 heavy (non-hydrogen) atoms. The largest absolute Gasteiger partial charge is 0.396 e. The summed E-state index contributed by atoms with van der Waals surface area (Å²) in [6.45, 7) is 6.38. The van der Waals surface area contributed by atoms with Gasteiger partial charge in [-0.2, -0.15) is 0 Å². The smallest absolute Gasteiger partial charge is 0.129 e. The zero-order valence-electron chi connectivity index (χ0n) is 9.04. The Bertz CT molecular complexity index is 297. The number of anilines is 1. The van der Waals surface area contributed by atoms with Gasteiger partial charge in [0.05, 0.1) is 0 Å². The first-order valence-electron chi connectivity index (χ1n) is 4.96. The Morgan fingerprint density at radius 2 is 2.21 bits per heavy atom. The number of hydrogen-bond acceptors (Lipinski definition) is 3. The maximum atomic E-state index is 8.78. The lowest BCUT2D eigenvalue weighted by molar-refractivity contribution is 0.299. The van der Waals surface area contributed by atoms with Crippen LogP contribution in [0, 0.1) is 6.92 Å². The lowest BCUT2D eigenvalue weighted by Gasteiger charge is -2.12. The average molecular weight is 194 g/mol. The molecule has 0 fully saturated rings. The number of aryl methyl sites for hydroxylation is 1. The van der Waals surface area contributed by atoms with Crippen LogP contribution in [-0.2, 0) is 6.42 Å². The van der Waals surface area contributed by atoms with E-state index in [9.17, 15) is 0 Å². The minimum atomic E-state index is 0.179. The minimum Gasteiger partial charge on any atom is -0.396 e. The van der Waals surface area contributed by atoms with Crippen molar-refractivity contribution >= 4 is 5.82 Å². The van der Waals surface area contributed by atoms with Gasteiger partial charge in [0.25, 0.3) is 0 Å². The molecule has 1 aromatic heterocycles. The standard InChI is InChI=1S/C11H18N2O/c1-8(2)13-11-9(3)6-10(4-5-14)7-12-11/h6-8,14H,4-5H2,1-3H3,(H,12,13). The molecular formula is C11H18N2O. The lowest BCUT2D eigenvalue weighted by atomic mass is 10.1. The van der Waals surface area contributed by atoms with Gasteiger partial charge in [-0.15, -0.1) is 0 Å². The number of aliphatic hydroxyl groups is 1. The molecular weight excluding hydrogens is 176 g/mol.